The number of benzene rings is 1. The van der Waals surface area contributed by atoms with Gasteiger partial charge in [-0.15, -0.1) is 12.4 Å². The third kappa shape index (κ3) is 4.85. The fourth-order valence-electron chi connectivity index (χ4n) is 2.49. The minimum absolute atomic E-state index is 0. The summed E-state index contributed by atoms with van der Waals surface area (Å²) in [5.41, 5.74) is 0.497. The van der Waals surface area contributed by atoms with Crippen LogP contribution in [0.5, 0.6) is 0 Å². The van der Waals surface area contributed by atoms with Crippen molar-refractivity contribution in [3.05, 3.63) is 34.9 Å². The average Bonchev–Trinajstić information content (AvgIpc) is 2.50. The summed E-state index contributed by atoms with van der Waals surface area (Å²) in [4.78, 5) is 12.3. The van der Waals surface area contributed by atoms with Crippen LogP contribution < -0.4 is 10.6 Å². The van der Waals surface area contributed by atoms with E-state index in [0.29, 0.717) is 6.54 Å². The van der Waals surface area contributed by atoms with Gasteiger partial charge < -0.3 is 15.4 Å². The van der Waals surface area contributed by atoms with Crippen molar-refractivity contribution in [3.63, 3.8) is 0 Å². The zero-order valence-corrected chi connectivity index (χ0v) is 13.7. The van der Waals surface area contributed by atoms with Gasteiger partial charge in [-0.3, -0.25) is 4.79 Å². The molecule has 1 aliphatic rings. The van der Waals surface area contributed by atoms with Crippen molar-refractivity contribution in [2.75, 3.05) is 26.7 Å². The number of piperidine rings is 1. The van der Waals surface area contributed by atoms with Crippen LogP contribution in [0.25, 0.3) is 0 Å². The molecule has 0 atom stereocenters. The van der Waals surface area contributed by atoms with E-state index >= 15 is 0 Å². The van der Waals surface area contributed by atoms with Gasteiger partial charge in [0.15, 0.2) is 0 Å². The molecule has 1 saturated heterocycles. The van der Waals surface area contributed by atoms with Crippen LogP contribution in [-0.2, 0) is 16.0 Å². The molecule has 0 radical (unpaired) electrons. The van der Waals surface area contributed by atoms with Crippen molar-refractivity contribution in [1.29, 1.82) is 0 Å². The van der Waals surface area contributed by atoms with Gasteiger partial charge >= 0.3 is 0 Å². The van der Waals surface area contributed by atoms with Crippen LogP contribution in [0, 0.1) is 0 Å². The van der Waals surface area contributed by atoms with E-state index in [0.717, 1.165) is 42.9 Å². The summed E-state index contributed by atoms with van der Waals surface area (Å²) in [6.45, 7) is 2.25. The van der Waals surface area contributed by atoms with Gasteiger partial charge in [0.1, 0.15) is 5.60 Å². The van der Waals surface area contributed by atoms with Gasteiger partial charge in [0.2, 0.25) is 0 Å². The highest BCUT2D eigenvalue weighted by molar-refractivity contribution is 6.30. The van der Waals surface area contributed by atoms with Crippen molar-refractivity contribution in [3.8, 4) is 0 Å². The van der Waals surface area contributed by atoms with E-state index in [1.54, 1.807) is 7.11 Å². The highest BCUT2D eigenvalue weighted by Gasteiger charge is 2.39. The summed E-state index contributed by atoms with van der Waals surface area (Å²) in [6.07, 6.45) is 2.23. The summed E-state index contributed by atoms with van der Waals surface area (Å²) in [5, 5.41) is 6.95. The number of nitrogens with one attached hydrogen (secondary N) is 2. The average molecular weight is 333 g/mol. The molecular weight excluding hydrogens is 311 g/mol. The molecule has 4 nitrogen and oxygen atoms in total. The Morgan fingerprint density at radius 1 is 1.33 bits per heavy atom. The Kier molecular flexibility index (Phi) is 7.46. The number of carbonyl (C=O) groups is 1. The number of hydrogen-bond acceptors (Lipinski definition) is 3. The molecule has 0 aliphatic carbocycles. The largest absolute Gasteiger partial charge is 0.368 e. The molecule has 118 valence electrons. The first kappa shape index (κ1) is 18.2. The number of methoxy groups -OCH3 is 1. The van der Waals surface area contributed by atoms with E-state index < -0.39 is 5.60 Å². The number of rotatable bonds is 5. The molecule has 1 fully saturated rings. The van der Waals surface area contributed by atoms with E-state index in [1.807, 2.05) is 24.3 Å². The van der Waals surface area contributed by atoms with Gasteiger partial charge in [-0.2, -0.15) is 0 Å². The van der Waals surface area contributed by atoms with E-state index in [2.05, 4.69) is 10.6 Å². The van der Waals surface area contributed by atoms with Crippen LogP contribution in [0.3, 0.4) is 0 Å². The Morgan fingerprint density at radius 2 is 1.95 bits per heavy atom. The normalized spacial score (nSPS) is 16.9. The first-order chi connectivity index (χ1) is 9.66. The second kappa shape index (κ2) is 8.59. The molecular formula is C15H22Cl2N2O2. The minimum Gasteiger partial charge on any atom is -0.368 e. The minimum atomic E-state index is -0.661. The standard InChI is InChI=1S/C15H21ClN2O2.ClH/c1-20-15(7-10-17-11-8-15)14(19)18-9-6-12-2-4-13(16)5-3-12;/h2-5,17H,6-11H2,1H3,(H,18,19);1H. The summed E-state index contributed by atoms with van der Waals surface area (Å²) in [6, 6.07) is 7.68. The third-order valence-electron chi connectivity index (χ3n) is 3.83. The van der Waals surface area contributed by atoms with E-state index in [1.165, 1.54) is 0 Å². The van der Waals surface area contributed by atoms with Gasteiger partial charge in [0.25, 0.3) is 5.91 Å². The van der Waals surface area contributed by atoms with Crippen molar-refractivity contribution < 1.29 is 9.53 Å². The maximum atomic E-state index is 12.3. The van der Waals surface area contributed by atoms with Gasteiger partial charge in [0, 0.05) is 18.7 Å². The van der Waals surface area contributed by atoms with Crippen LogP contribution >= 0.6 is 24.0 Å². The number of hydrogen-bond donors (Lipinski definition) is 2. The number of ether oxygens (including phenoxy) is 1. The van der Waals surface area contributed by atoms with Crippen molar-refractivity contribution >= 4 is 29.9 Å². The van der Waals surface area contributed by atoms with E-state index in [4.69, 9.17) is 16.3 Å². The molecule has 1 aliphatic heterocycles. The van der Waals surface area contributed by atoms with E-state index in [-0.39, 0.29) is 18.3 Å². The highest BCUT2D eigenvalue weighted by atomic mass is 35.5. The van der Waals surface area contributed by atoms with Gasteiger partial charge in [-0.1, -0.05) is 23.7 Å². The fraction of sp³-hybridized carbons (Fsp3) is 0.533. The van der Waals surface area contributed by atoms with Crippen LogP contribution in [-0.4, -0.2) is 38.3 Å². The number of carbonyl (C=O) groups excluding carboxylic acids is 1. The third-order valence-corrected chi connectivity index (χ3v) is 4.08. The molecule has 2 rings (SSSR count). The summed E-state index contributed by atoms with van der Waals surface area (Å²) in [5.74, 6) is -0.00420. The SMILES string of the molecule is COC1(C(=O)NCCc2ccc(Cl)cc2)CCNCC1.Cl. The predicted molar refractivity (Wildman–Crippen MR) is 87.3 cm³/mol. The molecule has 21 heavy (non-hydrogen) atoms. The molecule has 0 unspecified atom stereocenters. The zero-order chi connectivity index (χ0) is 14.4. The molecule has 6 heteroatoms. The Bertz CT molecular complexity index is 445. The summed E-state index contributed by atoms with van der Waals surface area (Å²) < 4.78 is 5.49. The van der Waals surface area contributed by atoms with Crippen LogP contribution in [0.4, 0.5) is 0 Å². The van der Waals surface area contributed by atoms with Crippen LogP contribution in [0.1, 0.15) is 18.4 Å². The van der Waals surface area contributed by atoms with Gasteiger partial charge in [-0.25, -0.2) is 0 Å². The van der Waals surface area contributed by atoms with Crippen LogP contribution in [0.2, 0.25) is 5.02 Å². The monoisotopic (exact) mass is 332 g/mol. The molecule has 1 amide bonds. The number of amides is 1. The quantitative estimate of drug-likeness (QED) is 0.868. The van der Waals surface area contributed by atoms with Gasteiger partial charge in [-0.05, 0) is 50.0 Å². The van der Waals surface area contributed by atoms with E-state index in [9.17, 15) is 4.79 Å². The Labute approximate surface area is 137 Å². The molecule has 1 heterocycles. The lowest BCUT2D eigenvalue weighted by atomic mass is 9.91. The smallest absolute Gasteiger partial charge is 0.252 e. The Morgan fingerprint density at radius 3 is 2.52 bits per heavy atom. The second-order valence-corrected chi connectivity index (χ2v) is 5.52. The summed E-state index contributed by atoms with van der Waals surface area (Å²) in [7, 11) is 1.62. The first-order valence-corrected chi connectivity index (χ1v) is 7.33. The topological polar surface area (TPSA) is 50.4 Å². The van der Waals surface area contributed by atoms with Gasteiger partial charge in [0.05, 0.1) is 0 Å². The Balaban J connectivity index is 0.00000220. The van der Waals surface area contributed by atoms with Crippen molar-refractivity contribution in [2.45, 2.75) is 24.9 Å². The highest BCUT2D eigenvalue weighted by Crippen LogP contribution is 2.22. The molecule has 0 aromatic heterocycles. The molecule has 1 aromatic rings. The molecule has 1 aromatic carbocycles. The van der Waals surface area contributed by atoms with Crippen LogP contribution in [0.15, 0.2) is 24.3 Å². The lowest BCUT2D eigenvalue weighted by Gasteiger charge is -2.34. The number of halogens is 2. The first-order valence-electron chi connectivity index (χ1n) is 6.95. The molecule has 2 N–H and O–H groups in total. The van der Waals surface area contributed by atoms with Crippen molar-refractivity contribution in [2.24, 2.45) is 0 Å². The predicted octanol–water partition coefficient (Wildman–Crippen LogP) is 2.19. The van der Waals surface area contributed by atoms with Crippen molar-refractivity contribution in [1.82, 2.24) is 10.6 Å². The maximum Gasteiger partial charge on any atom is 0.252 e. The molecule has 0 bridgehead atoms. The second-order valence-electron chi connectivity index (χ2n) is 5.08. The maximum absolute atomic E-state index is 12.3. The molecule has 0 spiro atoms. The summed E-state index contributed by atoms with van der Waals surface area (Å²) >= 11 is 5.84. The lowest BCUT2D eigenvalue weighted by Crippen LogP contribution is -2.54. The molecule has 0 saturated carbocycles. The lowest BCUT2D eigenvalue weighted by molar-refractivity contribution is -0.146. The fourth-order valence-corrected chi connectivity index (χ4v) is 2.61. The Hall–Kier alpha value is -0.810. The zero-order valence-electron chi connectivity index (χ0n) is 12.2.